The van der Waals surface area contributed by atoms with E-state index in [4.69, 9.17) is 0 Å². The maximum absolute atomic E-state index is 10.8. The molecule has 96 valence electrons. The summed E-state index contributed by atoms with van der Waals surface area (Å²) in [5, 5.41) is 16.0. The molecular weight excluding hydrogens is 252 g/mol. The smallest absolute Gasteiger partial charge is 0.361 e. The summed E-state index contributed by atoms with van der Waals surface area (Å²) in [6.07, 6.45) is 2.28. The number of rotatable bonds is 5. The summed E-state index contributed by atoms with van der Waals surface area (Å²) in [6.45, 7) is 2.00. The fraction of sp³-hybridized carbons (Fsp3) is 0.364. The molecule has 2 aromatic heterocycles. The quantitative estimate of drug-likeness (QED) is 0.666. The third kappa shape index (κ3) is 2.67. The molecule has 18 heavy (non-hydrogen) atoms. The van der Waals surface area contributed by atoms with Gasteiger partial charge in [-0.15, -0.1) is 11.3 Å². The predicted molar refractivity (Wildman–Crippen MR) is 71.0 cm³/mol. The lowest BCUT2D eigenvalue weighted by molar-refractivity contribution is -0.388. The average Bonchev–Trinajstić information content (AvgIpc) is 2.90. The highest BCUT2D eigenvalue weighted by Crippen LogP contribution is 2.23. The highest BCUT2D eigenvalue weighted by Gasteiger charge is 2.21. The van der Waals surface area contributed by atoms with Crippen molar-refractivity contribution in [1.29, 1.82) is 0 Å². The van der Waals surface area contributed by atoms with Crippen molar-refractivity contribution in [2.45, 2.75) is 19.4 Å². The van der Waals surface area contributed by atoms with Crippen molar-refractivity contribution in [1.82, 2.24) is 9.55 Å². The first-order valence-corrected chi connectivity index (χ1v) is 6.40. The summed E-state index contributed by atoms with van der Waals surface area (Å²) >= 11 is 1.68. The van der Waals surface area contributed by atoms with E-state index in [2.05, 4.69) is 16.4 Å². The van der Waals surface area contributed by atoms with Crippen LogP contribution < -0.4 is 5.32 Å². The highest BCUT2D eigenvalue weighted by molar-refractivity contribution is 7.09. The SMILES string of the molecule is CC(Cc1cccs1)Nc1c([N+](=O)[O-])ncn1C. The van der Waals surface area contributed by atoms with E-state index in [1.54, 1.807) is 23.0 Å². The summed E-state index contributed by atoms with van der Waals surface area (Å²) in [4.78, 5) is 15.4. The number of thiophene rings is 1. The number of anilines is 1. The molecule has 0 amide bonds. The Morgan fingerprint density at radius 1 is 1.67 bits per heavy atom. The molecule has 2 rings (SSSR count). The number of hydrogen-bond donors (Lipinski definition) is 1. The molecule has 0 spiro atoms. The van der Waals surface area contributed by atoms with Crippen molar-refractivity contribution in [3.05, 3.63) is 38.8 Å². The Morgan fingerprint density at radius 3 is 3.06 bits per heavy atom. The summed E-state index contributed by atoms with van der Waals surface area (Å²) < 4.78 is 1.63. The Bertz CT molecular complexity index is 535. The Labute approximate surface area is 108 Å². The topological polar surface area (TPSA) is 73.0 Å². The zero-order valence-corrected chi connectivity index (χ0v) is 11.0. The number of hydrogen-bond acceptors (Lipinski definition) is 5. The van der Waals surface area contributed by atoms with Gasteiger partial charge >= 0.3 is 5.82 Å². The molecule has 7 heteroatoms. The number of aromatic nitrogens is 2. The van der Waals surface area contributed by atoms with Crippen molar-refractivity contribution in [2.75, 3.05) is 5.32 Å². The molecule has 6 nitrogen and oxygen atoms in total. The number of aryl methyl sites for hydroxylation is 1. The molecule has 0 aliphatic rings. The van der Waals surface area contributed by atoms with Crippen LogP contribution in [0.5, 0.6) is 0 Å². The third-order valence-electron chi connectivity index (χ3n) is 2.56. The lowest BCUT2D eigenvalue weighted by Crippen LogP contribution is -2.19. The predicted octanol–water partition coefficient (Wildman–Crippen LogP) is 2.43. The number of nitro groups is 1. The summed E-state index contributed by atoms with van der Waals surface area (Å²) in [5.41, 5.74) is 0. The molecule has 0 aliphatic heterocycles. The van der Waals surface area contributed by atoms with Crippen LogP contribution in [-0.4, -0.2) is 20.5 Å². The molecule has 2 aromatic rings. The van der Waals surface area contributed by atoms with Gasteiger partial charge in [-0.3, -0.25) is 4.57 Å². The van der Waals surface area contributed by atoms with Gasteiger partial charge in [0.15, 0.2) is 0 Å². The van der Waals surface area contributed by atoms with Crippen LogP contribution in [0.4, 0.5) is 11.6 Å². The second kappa shape index (κ2) is 5.18. The first-order valence-electron chi connectivity index (χ1n) is 5.52. The van der Waals surface area contributed by atoms with Gasteiger partial charge in [0.2, 0.25) is 12.1 Å². The maximum atomic E-state index is 10.8. The van der Waals surface area contributed by atoms with Crippen LogP contribution in [-0.2, 0) is 13.5 Å². The van der Waals surface area contributed by atoms with Gasteiger partial charge < -0.3 is 15.4 Å². The molecule has 1 unspecified atom stereocenters. The van der Waals surface area contributed by atoms with Gasteiger partial charge in [0, 0.05) is 24.4 Å². The van der Waals surface area contributed by atoms with Crippen LogP contribution in [0, 0.1) is 10.1 Å². The van der Waals surface area contributed by atoms with E-state index in [1.165, 1.54) is 11.2 Å². The van der Waals surface area contributed by atoms with E-state index in [9.17, 15) is 10.1 Å². The van der Waals surface area contributed by atoms with Gasteiger partial charge in [-0.2, -0.15) is 0 Å². The fourth-order valence-electron chi connectivity index (χ4n) is 1.73. The van der Waals surface area contributed by atoms with E-state index in [-0.39, 0.29) is 11.9 Å². The largest absolute Gasteiger partial charge is 0.406 e. The fourth-order valence-corrected chi connectivity index (χ4v) is 2.57. The second-order valence-corrected chi connectivity index (χ2v) is 5.15. The first kappa shape index (κ1) is 12.6. The number of imidazole rings is 1. The van der Waals surface area contributed by atoms with Crippen LogP contribution in [0.2, 0.25) is 0 Å². The zero-order chi connectivity index (χ0) is 13.1. The Kier molecular flexibility index (Phi) is 3.61. The van der Waals surface area contributed by atoms with Crippen LogP contribution in [0.15, 0.2) is 23.8 Å². The Balaban J connectivity index is 2.09. The summed E-state index contributed by atoms with van der Waals surface area (Å²) in [6, 6.07) is 4.16. The zero-order valence-electron chi connectivity index (χ0n) is 10.2. The molecule has 0 aliphatic carbocycles. The minimum atomic E-state index is -0.472. The van der Waals surface area contributed by atoms with E-state index in [0.29, 0.717) is 5.82 Å². The lowest BCUT2D eigenvalue weighted by Gasteiger charge is -2.13. The molecule has 0 radical (unpaired) electrons. The van der Waals surface area contributed by atoms with Crippen molar-refractivity contribution < 1.29 is 4.92 Å². The van der Waals surface area contributed by atoms with Gasteiger partial charge in [-0.1, -0.05) is 6.07 Å². The van der Waals surface area contributed by atoms with E-state index in [1.807, 2.05) is 18.4 Å². The van der Waals surface area contributed by atoms with Gasteiger partial charge in [0.05, 0.1) is 0 Å². The van der Waals surface area contributed by atoms with E-state index >= 15 is 0 Å². The highest BCUT2D eigenvalue weighted by atomic mass is 32.1. The van der Waals surface area contributed by atoms with Gasteiger partial charge in [0.1, 0.15) is 0 Å². The van der Waals surface area contributed by atoms with E-state index in [0.717, 1.165) is 6.42 Å². The standard InChI is InChI=1S/C11H14N4O2S/c1-8(6-9-4-3-5-18-9)13-11-10(15(16)17)12-7-14(11)2/h3-5,7-8,13H,6H2,1-2H3. The molecule has 0 aromatic carbocycles. The minimum Gasteiger partial charge on any atom is -0.361 e. The molecule has 2 heterocycles. The van der Waals surface area contributed by atoms with Crippen LogP contribution in [0.1, 0.15) is 11.8 Å². The molecule has 0 bridgehead atoms. The Morgan fingerprint density at radius 2 is 2.44 bits per heavy atom. The molecule has 1 N–H and O–H groups in total. The van der Waals surface area contributed by atoms with Crippen molar-refractivity contribution in [2.24, 2.45) is 7.05 Å². The van der Waals surface area contributed by atoms with Crippen LogP contribution in [0.25, 0.3) is 0 Å². The van der Waals surface area contributed by atoms with Crippen LogP contribution in [0.3, 0.4) is 0 Å². The molecular formula is C11H14N4O2S. The summed E-state index contributed by atoms with van der Waals surface area (Å²) in [7, 11) is 1.74. The average molecular weight is 266 g/mol. The third-order valence-corrected chi connectivity index (χ3v) is 3.46. The molecule has 0 fully saturated rings. The van der Waals surface area contributed by atoms with Gasteiger partial charge in [-0.25, -0.2) is 0 Å². The molecule has 1 atom stereocenters. The monoisotopic (exact) mass is 266 g/mol. The number of nitrogens with one attached hydrogen (secondary N) is 1. The lowest BCUT2D eigenvalue weighted by atomic mass is 10.2. The number of nitrogens with zero attached hydrogens (tertiary/aromatic N) is 3. The maximum Gasteiger partial charge on any atom is 0.406 e. The van der Waals surface area contributed by atoms with Crippen molar-refractivity contribution in [3.8, 4) is 0 Å². The molecule has 0 saturated carbocycles. The van der Waals surface area contributed by atoms with Gasteiger partial charge in [0.25, 0.3) is 0 Å². The van der Waals surface area contributed by atoms with Crippen molar-refractivity contribution in [3.63, 3.8) is 0 Å². The summed E-state index contributed by atoms with van der Waals surface area (Å²) in [5.74, 6) is 0.319. The minimum absolute atomic E-state index is 0.109. The second-order valence-electron chi connectivity index (χ2n) is 4.11. The van der Waals surface area contributed by atoms with Crippen molar-refractivity contribution >= 4 is 23.0 Å². The normalized spacial score (nSPS) is 12.3. The van der Waals surface area contributed by atoms with Crippen LogP contribution >= 0.6 is 11.3 Å². The first-order chi connectivity index (χ1) is 8.58. The molecule has 0 saturated heterocycles. The van der Waals surface area contributed by atoms with Gasteiger partial charge in [-0.05, 0) is 28.3 Å². The van der Waals surface area contributed by atoms with E-state index < -0.39 is 4.92 Å². The Hall–Kier alpha value is -1.89.